The van der Waals surface area contributed by atoms with Gasteiger partial charge in [-0.25, -0.2) is 5.10 Å². The van der Waals surface area contributed by atoms with Crippen molar-refractivity contribution in [1.29, 1.82) is 0 Å². The molecule has 0 unspecified atom stereocenters. The Morgan fingerprint density at radius 1 is 1.58 bits per heavy atom. The number of hydrogen-bond donors (Lipinski definition) is 1. The summed E-state index contributed by atoms with van der Waals surface area (Å²) in [5, 5.41) is 6.39. The van der Waals surface area contributed by atoms with Crippen LogP contribution < -0.4 is 0 Å². The maximum atomic E-state index is 5.25. The molecule has 4 nitrogen and oxygen atoms in total. The Morgan fingerprint density at radius 3 is 3.00 bits per heavy atom. The van der Waals surface area contributed by atoms with Crippen molar-refractivity contribution in [2.45, 2.75) is 19.8 Å². The van der Waals surface area contributed by atoms with E-state index in [0.717, 1.165) is 13.0 Å². The molecule has 5 heteroatoms. The number of rotatable bonds is 5. The molecule has 1 aromatic heterocycles. The summed E-state index contributed by atoms with van der Waals surface area (Å²) in [5.41, 5.74) is 0. The first-order valence-corrected chi connectivity index (χ1v) is 4.36. The minimum absolute atomic E-state index is 0.320. The lowest BCUT2D eigenvalue weighted by Crippen LogP contribution is -1.99. The van der Waals surface area contributed by atoms with Gasteiger partial charge in [-0.05, 0) is 18.6 Å². The highest BCUT2D eigenvalue weighted by Crippen LogP contribution is 1.95. The summed E-state index contributed by atoms with van der Waals surface area (Å²) in [6, 6.07) is 0. The Hall–Kier alpha value is -0.680. The van der Waals surface area contributed by atoms with Gasteiger partial charge in [0.1, 0.15) is 0 Å². The van der Waals surface area contributed by atoms with Gasteiger partial charge in [0, 0.05) is 13.0 Å². The van der Waals surface area contributed by atoms with Crippen molar-refractivity contribution in [3.8, 4) is 0 Å². The second-order valence-electron chi connectivity index (χ2n) is 2.37. The maximum absolute atomic E-state index is 5.25. The molecule has 0 spiro atoms. The van der Waals surface area contributed by atoms with Gasteiger partial charge in [0.15, 0.2) is 0 Å². The van der Waals surface area contributed by atoms with Gasteiger partial charge in [0.05, 0.1) is 6.61 Å². The first-order valence-electron chi connectivity index (χ1n) is 3.95. The van der Waals surface area contributed by atoms with Crippen LogP contribution in [0.3, 0.4) is 0 Å². The molecule has 1 rings (SSSR count). The van der Waals surface area contributed by atoms with Gasteiger partial charge < -0.3 is 9.15 Å². The zero-order chi connectivity index (χ0) is 8.81. The number of nitrogens with zero attached hydrogens (tertiary/aromatic N) is 1. The number of hydrogen-bond acceptors (Lipinski definition) is 4. The molecule has 0 fully saturated rings. The summed E-state index contributed by atoms with van der Waals surface area (Å²) in [6.45, 7) is 3.49. The third-order valence-electron chi connectivity index (χ3n) is 1.29. The molecule has 68 valence electrons. The molecule has 0 atom stereocenters. The standard InChI is InChI=1S/C7H12N2O2S/c1-2-4-10-5-3-6-8-9-7(12)11-6/h2-5H2,1H3,(H,9,12). The smallest absolute Gasteiger partial charge is 0.284 e. The van der Waals surface area contributed by atoms with E-state index in [1.54, 1.807) is 0 Å². The van der Waals surface area contributed by atoms with E-state index in [9.17, 15) is 0 Å². The van der Waals surface area contributed by atoms with Crippen molar-refractivity contribution in [2.75, 3.05) is 13.2 Å². The number of ether oxygens (including phenoxy) is 1. The maximum Gasteiger partial charge on any atom is 0.284 e. The summed E-state index contributed by atoms with van der Waals surface area (Å²) in [5.74, 6) is 0.608. The van der Waals surface area contributed by atoms with Crippen molar-refractivity contribution in [2.24, 2.45) is 0 Å². The normalized spacial score (nSPS) is 10.4. The van der Waals surface area contributed by atoms with Crippen molar-refractivity contribution >= 4 is 12.2 Å². The minimum atomic E-state index is 0.320. The van der Waals surface area contributed by atoms with E-state index in [-0.39, 0.29) is 0 Å². The predicted molar refractivity (Wildman–Crippen MR) is 46.5 cm³/mol. The molecule has 0 saturated heterocycles. The monoisotopic (exact) mass is 188 g/mol. The molecule has 12 heavy (non-hydrogen) atoms. The lowest BCUT2D eigenvalue weighted by Gasteiger charge is -1.97. The van der Waals surface area contributed by atoms with Gasteiger partial charge in [-0.15, -0.1) is 5.10 Å². The van der Waals surface area contributed by atoms with E-state index in [0.29, 0.717) is 23.8 Å². The van der Waals surface area contributed by atoms with E-state index in [4.69, 9.17) is 21.4 Å². The summed E-state index contributed by atoms with van der Waals surface area (Å²) >= 11 is 4.71. The molecule has 0 radical (unpaired) electrons. The number of aromatic amines is 1. The zero-order valence-corrected chi connectivity index (χ0v) is 7.82. The summed E-state index contributed by atoms with van der Waals surface area (Å²) < 4.78 is 10.3. The highest BCUT2D eigenvalue weighted by atomic mass is 32.1. The third kappa shape index (κ3) is 3.15. The van der Waals surface area contributed by atoms with Crippen LogP contribution in [0.4, 0.5) is 0 Å². The number of aromatic nitrogens is 2. The van der Waals surface area contributed by atoms with Crippen LogP contribution in [0.25, 0.3) is 0 Å². The number of nitrogens with one attached hydrogen (secondary N) is 1. The number of H-pyrrole nitrogens is 1. The molecule has 0 saturated carbocycles. The lowest BCUT2D eigenvalue weighted by molar-refractivity contribution is 0.133. The summed E-state index contributed by atoms with van der Waals surface area (Å²) in [4.78, 5) is 0.320. The summed E-state index contributed by atoms with van der Waals surface area (Å²) in [7, 11) is 0. The average molecular weight is 188 g/mol. The van der Waals surface area contributed by atoms with Crippen molar-refractivity contribution < 1.29 is 9.15 Å². The van der Waals surface area contributed by atoms with Crippen LogP contribution >= 0.6 is 12.2 Å². The fourth-order valence-corrected chi connectivity index (χ4v) is 0.915. The van der Waals surface area contributed by atoms with Crippen LogP contribution in [0, 0.1) is 4.84 Å². The average Bonchev–Trinajstić information content (AvgIpc) is 2.45. The van der Waals surface area contributed by atoms with Crippen LogP contribution in [-0.2, 0) is 11.2 Å². The molecular weight excluding hydrogens is 176 g/mol. The molecule has 0 aliphatic carbocycles. The van der Waals surface area contributed by atoms with Gasteiger partial charge in [0.25, 0.3) is 4.84 Å². The quantitative estimate of drug-likeness (QED) is 0.564. The SMILES string of the molecule is CCCOCCc1n[nH]c(=S)o1. The van der Waals surface area contributed by atoms with Gasteiger partial charge >= 0.3 is 0 Å². The Balaban J connectivity index is 2.20. The van der Waals surface area contributed by atoms with Gasteiger partial charge in [-0.2, -0.15) is 0 Å². The Labute approximate surface area is 75.9 Å². The second-order valence-corrected chi connectivity index (χ2v) is 2.74. The zero-order valence-electron chi connectivity index (χ0n) is 7.00. The molecule has 0 amide bonds. The first kappa shape index (κ1) is 9.41. The molecular formula is C7H12N2O2S. The van der Waals surface area contributed by atoms with Crippen molar-refractivity contribution in [3.63, 3.8) is 0 Å². The molecule has 0 aliphatic rings. The van der Waals surface area contributed by atoms with Gasteiger partial charge in [-0.1, -0.05) is 6.92 Å². The Bertz CT molecular complexity index is 268. The van der Waals surface area contributed by atoms with Crippen LogP contribution in [0.1, 0.15) is 19.2 Å². The van der Waals surface area contributed by atoms with E-state index >= 15 is 0 Å². The van der Waals surface area contributed by atoms with Crippen LogP contribution in [0.15, 0.2) is 4.42 Å². The molecule has 1 aromatic rings. The first-order chi connectivity index (χ1) is 5.83. The van der Waals surface area contributed by atoms with Gasteiger partial charge in [-0.3, -0.25) is 0 Å². The van der Waals surface area contributed by atoms with Crippen LogP contribution in [0.5, 0.6) is 0 Å². The van der Waals surface area contributed by atoms with E-state index in [2.05, 4.69) is 17.1 Å². The fraction of sp³-hybridized carbons (Fsp3) is 0.714. The molecule has 0 bridgehead atoms. The van der Waals surface area contributed by atoms with Crippen LogP contribution in [-0.4, -0.2) is 23.4 Å². The largest absolute Gasteiger partial charge is 0.414 e. The lowest BCUT2D eigenvalue weighted by atomic mass is 10.4. The molecule has 1 heterocycles. The minimum Gasteiger partial charge on any atom is -0.414 e. The van der Waals surface area contributed by atoms with E-state index < -0.39 is 0 Å². The second kappa shape index (κ2) is 5.05. The third-order valence-corrected chi connectivity index (χ3v) is 1.47. The molecule has 1 N–H and O–H groups in total. The highest BCUT2D eigenvalue weighted by Gasteiger charge is 1.97. The van der Waals surface area contributed by atoms with E-state index in [1.165, 1.54) is 0 Å². The topological polar surface area (TPSA) is 51.0 Å². The molecule has 0 aliphatic heterocycles. The van der Waals surface area contributed by atoms with E-state index in [1.807, 2.05) is 0 Å². The van der Waals surface area contributed by atoms with Crippen molar-refractivity contribution in [1.82, 2.24) is 10.2 Å². The van der Waals surface area contributed by atoms with Gasteiger partial charge in [0.2, 0.25) is 5.89 Å². The Morgan fingerprint density at radius 2 is 2.42 bits per heavy atom. The predicted octanol–water partition coefficient (Wildman–Crippen LogP) is 1.70. The Kier molecular flexibility index (Phi) is 3.96. The fourth-order valence-electron chi connectivity index (χ4n) is 0.773. The highest BCUT2D eigenvalue weighted by molar-refractivity contribution is 7.71. The summed E-state index contributed by atoms with van der Waals surface area (Å²) in [6.07, 6.45) is 1.71. The molecule has 0 aromatic carbocycles. The van der Waals surface area contributed by atoms with Crippen molar-refractivity contribution in [3.05, 3.63) is 10.7 Å². The van der Waals surface area contributed by atoms with Crippen LogP contribution in [0.2, 0.25) is 0 Å².